The molecule has 4 aliphatic rings. The third-order valence-corrected chi connectivity index (χ3v) is 12.7. The van der Waals surface area contributed by atoms with E-state index in [1.165, 1.54) is 0 Å². The molecule has 4 heterocycles. The van der Waals surface area contributed by atoms with E-state index in [4.69, 9.17) is 0 Å². The van der Waals surface area contributed by atoms with Gasteiger partial charge in [0.25, 0.3) is 0 Å². The van der Waals surface area contributed by atoms with Crippen LogP contribution in [0.5, 0.6) is 0 Å². The molecule has 1 aliphatic carbocycles. The summed E-state index contributed by atoms with van der Waals surface area (Å²) < 4.78 is 28.7. The third-order valence-electron chi connectivity index (χ3n) is 10.3. The van der Waals surface area contributed by atoms with Gasteiger partial charge in [-0.2, -0.15) is 4.31 Å². The van der Waals surface area contributed by atoms with Crippen LogP contribution in [0.25, 0.3) is 0 Å². The zero-order chi connectivity index (χ0) is 31.6. The molecule has 242 valence electrons. The molecule has 13 heteroatoms. The maximum absolute atomic E-state index is 13.5. The van der Waals surface area contributed by atoms with Gasteiger partial charge in [0.1, 0.15) is 11.8 Å². The zero-order valence-corrected chi connectivity index (χ0v) is 26.9. The number of rotatable bonds is 8. The van der Waals surface area contributed by atoms with Crippen molar-refractivity contribution in [3.05, 3.63) is 30.1 Å². The summed E-state index contributed by atoms with van der Waals surface area (Å²) in [5, 5.41) is 2.28. The molecular formula is C31H46N6O6S. The van der Waals surface area contributed by atoms with Gasteiger partial charge < -0.3 is 15.1 Å². The highest BCUT2D eigenvalue weighted by Gasteiger charge is 2.44. The van der Waals surface area contributed by atoms with Crippen LogP contribution >= 0.6 is 0 Å². The maximum atomic E-state index is 13.5. The lowest BCUT2D eigenvalue weighted by Crippen LogP contribution is -2.56. The Kier molecular flexibility index (Phi) is 10.1. The lowest BCUT2D eigenvalue weighted by Gasteiger charge is -2.42. The molecule has 3 saturated heterocycles. The molecule has 5 rings (SSSR count). The first-order valence-electron chi connectivity index (χ1n) is 16.0. The number of amides is 3. The van der Waals surface area contributed by atoms with Crippen molar-refractivity contribution in [2.45, 2.75) is 82.2 Å². The van der Waals surface area contributed by atoms with Gasteiger partial charge in [-0.15, -0.1) is 0 Å². The van der Waals surface area contributed by atoms with Gasteiger partial charge >= 0.3 is 0 Å². The topological polar surface area (TPSA) is 140 Å². The van der Waals surface area contributed by atoms with Crippen LogP contribution in [-0.2, 0) is 29.2 Å². The number of pyridine rings is 1. The van der Waals surface area contributed by atoms with Crippen molar-refractivity contribution >= 4 is 33.5 Å². The summed E-state index contributed by atoms with van der Waals surface area (Å²) in [7, 11) is -1.82. The predicted molar refractivity (Wildman–Crippen MR) is 164 cm³/mol. The summed E-state index contributed by atoms with van der Waals surface area (Å²) in [6, 6.07) is 2.76. The Morgan fingerprint density at radius 1 is 0.977 bits per heavy atom. The number of carbonyl (C=O) groups is 4. The Labute approximate surface area is 260 Å². The number of sulfonamides is 1. The van der Waals surface area contributed by atoms with Gasteiger partial charge in [0.15, 0.2) is 0 Å². The van der Waals surface area contributed by atoms with Crippen molar-refractivity contribution in [3.8, 4) is 0 Å². The summed E-state index contributed by atoms with van der Waals surface area (Å²) in [5.74, 6) is -0.942. The second-order valence-corrected chi connectivity index (χ2v) is 15.1. The van der Waals surface area contributed by atoms with Gasteiger partial charge in [-0.05, 0) is 64.0 Å². The Morgan fingerprint density at radius 3 is 2.23 bits per heavy atom. The quantitative estimate of drug-likeness (QED) is 0.452. The van der Waals surface area contributed by atoms with Crippen LogP contribution in [0.1, 0.15) is 70.4 Å². The van der Waals surface area contributed by atoms with Crippen LogP contribution in [0.15, 0.2) is 24.5 Å². The second kappa shape index (κ2) is 13.6. The van der Waals surface area contributed by atoms with E-state index >= 15 is 0 Å². The molecule has 0 bridgehead atoms. The number of Topliss-reactive ketones (excluding diaryl/α,β-unsaturated/α-hetero) is 1. The smallest absolute Gasteiger partial charge is 0.244 e. The first kappa shape index (κ1) is 32.5. The van der Waals surface area contributed by atoms with E-state index in [9.17, 15) is 27.6 Å². The van der Waals surface area contributed by atoms with Crippen LogP contribution in [0.2, 0.25) is 0 Å². The normalized spacial score (nSPS) is 28.6. The highest BCUT2D eigenvalue weighted by atomic mass is 32.2. The van der Waals surface area contributed by atoms with Gasteiger partial charge in [-0.25, -0.2) is 8.42 Å². The molecular weight excluding hydrogens is 584 g/mol. The van der Waals surface area contributed by atoms with Crippen molar-refractivity contribution in [2.75, 3.05) is 46.3 Å². The Balaban J connectivity index is 1.09. The molecule has 0 unspecified atom stereocenters. The lowest BCUT2D eigenvalue weighted by atomic mass is 9.83. The number of piperazine rings is 1. The first-order valence-corrected chi connectivity index (χ1v) is 17.5. The van der Waals surface area contributed by atoms with Crippen LogP contribution < -0.4 is 5.32 Å². The number of nitrogens with one attached hydrogen (secondary N) is 1. The van der Waals surface area contributed by atoms with Crippen LogP contribution in [0, 0.1) is 11.8 Å². The van der Waals surface area contributed by atoms with Crippen molar-refractivity contribution in [3.63, 3.8) is 0 Å². The fourth-order valence-corrected chi connectivity index (χ4v) is 9.42. The highest BCUT2D eigenvalue weighted by Crippen LogP contribution is 2.37. The highest BCUT2D eigenvalue weighted by molar-refractivity contribution is 7.89. The average Bonchev–Trinajstić information content (AvgIpc) is 3.34. The number of aromatic nitrogens is 1. The lowest BCUT2D eigenvalue weighted by molar-refractivity contribution is -0.137. The SMILES string of the molecule is CC(=O)C1CCC(N2CCN(S(=O)(=O)C3CCN(C(=O)[C@H](C)NC(=O)[C@H]4CC(=O)N(C)[C@@H]4c4cccnc4)CC3)CC2)CC1. The molecule has 4 fully saturated rings. The molecule has 0 radical (unpaired) electrons. The second-order valence-electron chi connectivity index (χ2n) is 12.9. The maximum Gasteiger partial charge on any atom is 0.244 e. The van der Waals surface area contributed by atoms with Crippen LogP contribution in [0.4, 0.5) is 0 Å². The number of hydrogen-bond acceptors (Lipinski definition) is 8. The van der Waals surface area contributed by atoms with Crippen LogP contribution in [-0.4, -0.2) is 120 Å². The van der Waals surface area contributed by atoms with Crippen molar-refractivity contribution < 1.29 is 27.6 Å². The van der Waals surface area contributed by atoms with Gasteiger partial charge in [-0.3, -0.25) is 29.1 Å². The minimum Gasteiger partial charge on any atom is -0.344 e. The van der Waals surface area contributed by atoms with Crippen molar-refractivity contribution in [2.24, 2.45) is 11.8 Å². The van der Waals surface area contributed by atoms with E-state index in [1.807, 2.05) is 6.07 Å². The van der Waals surface area contributed by atoms with Gasteiger partial charge in [0, 0.05) is 77.1 Å². The number of carbonyl (C=O) groups excluding carboxylic acids is 4. The molecule has 0 spiro atoms. The summed E-state index contributed by atoms with van der Waals surface area (Å²) >= 11 is 0. The van der Waals surface area contributed by atoms with Crippen molar-refractivity contribution in [1.82, 2.24) is 29.3 Å². The number of ketones is 1. The molecule has 1 aromatic heterocycles. The number of likely N-dealkylation sites (tertiary alicyclic amines) is 2. The zero-order valence-electron chi connectivity index (χ0n) is 26.1. The first-order chi connectivity index (χ1) is 21.0. The minimum atomic E-state index is -3.49. The summed E-state index contributed by atoms with van der Waals surface area (Å²) in [4.78, 5) is 60.4. The monoisotopic (exact) mass is 630 g/mol. The Hall–Kier alpha value is -2.90. The number of nitrogens with zero attached hydrogens (tertiary/aromatic N) is 5. The van der Waals surface area contributed by atoms with Gasteiger partial charge in [-0.1, -0.05) is 6.07 Å². The van der Waals surface area contributed by atoms with E-state index in [0.29, 0.717) is 58.2 Å². The average molecular weight is 631 g/mol. The van der Waals surface area contributed by atoms with E-state index < -0.39 is 33.3 Å². The molecule has 44 heavy (non-hydrogen) atoms. The number of hydrogen-bond donors (Lipinski definition) is 1. The van der Waals surface area contributed by atoms with Gasteiger partial charge in [0.2, 0.25) is 27.7 Å². The van der Waals surface area contributed by atoms with E-state index in [1.54, 1.807) is 53.5 Å². The van der Waals surface area contributed by atoms with E-state index in [-0.39, 0.29) is 35.8 Å². The molecule has 1 saturated carbocycles. The molecule has 1 N–H and O–H groups in total. The van der Waals surface area contributed by atoms with E-state index in [0.717, 1.165) is 31.2 Å². The molecule has 3 atom stereocenters. The largest absolute Gasteiger partial charge is 0.344 e. The predicted octanol–water partition coefficient (Wildman–Crippen LogP) is 1.19. The number of piperidine rings is 1. The standard InChI is InChI=1S/C31H46N6O6S/c1-21(33-30(40)27-19-28(39)34(3)29(27)24-5-4-12-32-20-24)31(41)36-13-10-26(11-14-36)44(42,43)37-17-15-35(16-18-37)25-8-6-23(7-9-25)22(2)38/h4-5,12,20-21,23,25-27,29H,6-11,13-19H2,1-3H3,(H,33,40)/t21-,23?,25?,27-,29+/m0/s1. The van der Waals surface area contributed by atoms with E-state index in [2.05, 4.69) is 15.2 Å². The third kappa shape index (κ3) is 6.84. The fraction of sp³-hybridized carbons (Fsp3) is 0.710. The molecule has 3 amide bonds. The molecule has 3 aliphatic heterocycles. The molecule has 0 aromatic carbocycles. The summed E-state index contributed by atoms with van der Waals surface area (Å²) in [6.45, 7) is 6.27. The van der Waals surface area contributed by atoms with Gasteiger partial charge in [0.05, 0.1) is 17.2 Å². The molecule has 12 nitrogen and oxygen atoms in total. The van der Waals surface area contributed by atoms with Crippen LogP contribution in [0.3, 0.4) is 0 Å². The van der Waals surface area contributed by atoms with Crippen molar-refractivity contribution in [1.29, 1.82) is 0 Å². The summed E-state index contributed by atoms with van der Waals surface area (Å²) in [5.41, 5.74) is 0.765. The Morgan fingerprint density at radius 2 is 1.64 bits per heavy atom. The Bertz CT molecular complexity index is 1320. The fourth-order valence-electron chi connectivity index (χ4n) is 7.52. The minimum absolute atomic E-state index is 0.0569. The summed E-state index contributed by atoms with van der Waals surface area (Å²) in [6.07, 6.45) is 7.87. The molecule has 1 aromatic rings.